The van der Waals surface area contributed by atoms with E-state index in [9.17, 15) is 19.5 Å². The quantitative estimate of drug-likeness (QED) is 0.0212. The Labute approximate surface area is 386 Å². The number of aliphatic carboxylic acids is 1. The number of ether oxygens (including phenoxy) is 4. The molecule has 63 heavy (non-hydrogen) atoms. The molecule has 0 aromatic rings. The molecule has 0 aromatic carbocycles. The number of allylic oxidation sites excluding steroid dienone is 12. The average molecular weight is 885 g/mol. The first-order chi connectivity index (χ1) is 30.6. The van der Waals surface area contributed by atoms with E-state index in [1.807, 2.05) is 21.1 Å². The minimum Gasteiger partial charge on any atom is -0.477 e. The minimum absolute atomic E-state index is 0.176. The molecule has 0 aliphatic carbocycles. The smallest absolute Gasteiger partial charge is 0.361 e. The number of carbonyl (C=O) groups is 3. The highest BCUT2D eigenvalue weighted by molar-refractivity contribution is 5.71. The summed E-state index contributed by atoms with van der Waals surface area (Å²) in [4.78, 5) is 37.2. The van der Waals surface area contributed by atoms with Gasteiger partial charge in [0.15, 0.2) is 6.10 Å². The topological polar surface area (TPSA) is 108 Å². The van der Waals surface area contributed by atoms with Gasteiger partial charge in [-0.3, -0.25) is 9.59 Å². The van der Waals surface area contributed by atoms with E-state index in [-0.39, 0.29) is 38.6 Å². The second-order valence-corrected chi connectivity index (χ2v) is 17.7. The highest BCUT2D eigenvalue weighted by atomic mass is 16.7. The molecule has 362 valence electrons. The molecule has 0 aliphatic rings. The van der Waals surface area contributed by atoms with Crippen LogP contribution >= 0.6 is 0 Å². The Bertz CT molecular complexity index is 1260. The van der Waals surface area contributed by atoms with Gasteiger partial charge in [-0.05, 0) is 83.5 Å². The third-order valence-corrected chi connectivity index (χ3v) is 10.4. The highest BCUT2D eigenvalue weighted by Crippen LogP contribution is 2.14. The van der Waals surface area contributed by atoms with Crippen molar-refractivity contribution in [3.05, 3.63) is 72.9 Å². The Balaban J connectivity index is 4.36. The van der Waals surface area contributed by atoms with Crippen molar-refractivity contribution in [1.82, 2.24) is 0 Å². The maximum Gasteiger partial charge on any atom is 0.361 e. The Morgan fingerprint density at radius 1 is 0.492 bits per heavy atom. The lowest BCUT2D eigenvalue weighted by atomic mass is 10.0. The Morgan fingerprint density at radius 3 is 1.38 bits per heavy atom. The van der Waals surface area contributed by atoms with Crippen LogP contribution in [0.3, 0.4) is 0 Å². The third kappa shape index (κ3) is 46.5. The summed E-state index contributed by atoms with van der Waals surface area (Å²) in [5.41, 5.74) is 0. The third-order valence-electron chi connectivity index (χ3n) is 10.4. The summed E-state index contributed by atoms with van der Waals surface area (Å²) in [6.07, 6.45) is 54.0. The average Bonchev–Trinajstić information content (AvgIpc) is 3.24. The summed E-state index contributed by atoms with van der Waals surface area (Å²) in [5, 5.41) is 9.65. The molecule has 0 rings (SSSR count). The fourth-order valence-electron chi connectivity index (χ4n) is 6.56. The zero-order chi connectivity index (χ0) is 46.3. The van der Waals surface area contributed by atoms with Crippen LogP contribution in [-0.4, -0.2) is 87.4 Å². The molecule has 9 heteroatoms. The summed E-state index contributed by atoms with van der Waals surface area (Å²) in [6.45, 7) is 4.69. The number of esters is 2. The van der Waals surface area contributed by atoms with Gasteiger partial charge >= 0.3 is 17.9 Å². The minimum atomic E-state index is -1.52. The Morgan fingerprint density at radius 2 is 0.905 bits per heavy atom. The van der Waals surface area contributed by atoms with Gasteiger partial charge in [0.2, 0.25) is 0 Å². The number of likely N-dealkylation sites (N-methyl/N-ethyl adjacent to an activating group) is 1. The van der Waals surface area contributed by atoms with Gasteiger partial charge in [0.05, 0.1) is 34.4 Å². The lowest BCUT2D eigenvalue weighted by Gasteiger charge is -2.25. The molecule has 0 fully saturated rings. The molecule has 2 unspecified atom stereocenters. The van der Waals surface area contributed by atoms with E-state index >= 15 is 0 Å². The van der Waals surface area contributed by atoms with Crippen molar-refractivity contribution in [3.8, 4) is 0 Å². The summed E-state index contributed by atoms with van der Waals surface area (Å²) < 4.78 is 22.7. The fraction of sp³-hybridized carbons (Fsp3) is 0.722. The Hall–Kier alpha value is -3.27. The van der Waals surface area contributed by atoms with Crippen LogP contribution in [0.25, 0.3) is 0 Å². The lowest BCUT2D eigenvalue weighted by molar-refractivity contribution is -0.870. The van der Waals surface area contributed by atoms with Crippen LogP contribution < -0.4 is 0 Å². The van der Waals surface area contributed by atoms with Gasteiger partial charge < -0.3 is 28.5 Å². The van der Waals surface area contributed by atoms with E-state index in [4.69, 9.17) is 18.9 Å². The molecule has 0 heterocycles. The monoisotopic (exact) mass is 885 g/mol. The molecule has 0 bridgehead atoms. The summed E-state index contributed by atoms with van der Waals surface area (Å²) in [6, 6.07) is 0. The normalized spacial score (nSPS) is 13.5. The zero-order valence-electron chi connectivity index (χ0n) is 41.0. The standard InChI is InChI=1S/C54H93NO8/c1-6-8-10-12-14-16-18-20-22-23-24-25-26-27-28-29-31-32-34-36-38-40-42-44-51(56)61-48-50(49-62-54(53(58)59)60-47-46-55(3,4)5)63-52(57)45-43-41-39-37-35-33-30-21-19-17-15-13-11-9-7-2/h9,11,15,17-18,20-21,23-24,30,35,37,50,54H,6-8,10,12-14,16,19,22,25-29,31-34,36,38-49H2,1-5H3/p+1/b11-9-,17-15-,20-18-,24-23-,30-21-,37-35-. The van der Waals surface area contributed by atoms with Crippen molar-refractivity contribution in [1.29, 1.82) is 0 Å². The number of quaternary nitrogens is 1. The number of carbonyl (C=O) groups excluding carboxylic acids is 2. The molecular weight excluding hydrogens is 791 g/mol. The molecule has 0 radical (unpaired) electrons. The van der Waals surface area contributed by atoms with Gasteiger partial charge in [-0.2, -0.15) is 0 Å². The van der Waals surface area contributed by atoms with E-state index in [1.54, 1.807) is 0 Å². The second kappa shape index (κ2) is 45.3. The number of hydrogen-bond acceptors (Lipinski definition) is 7. The number of unbranched alkanes of at least 4 members (excludes halogenated alkanes) is 18. The number of carboxylic acid groups (broad SMARTS) is 1. The molecule has 0 amide bonds. The molecule has 0 saturated heterocycles. The maximum absolute atomic E-state index is 12.8. The van der Waals surface area contributed by atoms with Crippen LogP contribution in [0.4, 0.5) is 0 Å². The first-order valence-electron chi connectivity index (χ1n) is 25.1. The SMILES string of the molecule is CC/C=C\C/C=C\C/C=C\C/C=C\CCCCC(=O)OC(COC(=O)CCCCCCCCCCCCC/C=C\C/C=C\CCCCCCC)COC(OCC[N+](C)(C)C)C(=O)O. The number of carboxylic acids is 1. The molecule has 1 N–H and O–H groups in total. The van der Waals surface area contributed by atoms with E-state index < -0.39 is 24.3 Å². The Kier molecular flexibility index (Phi) is 43.0. The van der Waals surface area contributed by atoms with Gasteiger partial charge in [-0.1, -0.05) is 170 Å². The molecule has 0 aromatic heterocycles. The molecule has 2 atom stereocenters. The van der Waals surface area contributed by atoms with Crippen LogP contribution in [0, 0.1) is 0 Å². The predicted molar refractivity (Wildman–Crippen MR) is 263 cm³/mol. The van der Waals surface area contributed by atoms with Gasteiger partial charge in [-0.25, -0.2) is 4.79 Å². The van der Waals surface area contributed by atoms with Crippen molar-refractivity contribution >= 4 is 17.9 Å². The zero-order valence-corrected chi connectivity index (χ0v) is 41.0. The van der Waals surface area contributed by atoms with Crippen LogP contribution in [0.5, 0.6) is 0 Å². The fourth-order valence-corrected chi connectivity index (χ4v) is 6.56. The molecule has 9 nitrogen and oxygen atoms in total. The van der Waals surface area contributed by atoms with Crippen LogP contribution in [0.1, 0.15) is 194 Å². The largest absolute Gasteiger partial charge is 0.477 e. The van der Waals surface area contributed by atoms with E-state index in [0.29, 0.717) is 17.4 Å². The first kappa shape index (κ1) is 59.7. The molecule has 0 spiro atoms. The lowest BCUT2D eigenvalue weighted by Crippen LogP contribution is -2.40. The summed E-state index contributed by atoms with van der Waals surface area (Å²) in [7, 11) is 5.94. The molecular formula is C54H94NO8+. The second-order valence-electron chi connectivity index (χ2n) is 17.7. The van der Waals surface area contributed by atoms with Gasteiger partial charge in [0.25, 0.3) is 6.29 Å². The van der Waals surface area contributed by atoms with Crippen molar-refractivity contribution < 1.29 is 42.9 Å². The summed E-state index contributed by atoms with van der Waals surface area (Å²) in [5.74, 6) is -2.07. The number of nitrogens with zero attached hydrogens (tertiary/aromatic N) is 1. The molecule has 0 saturated carbocycles. The number of rotatable bonds is 45. The highest BCUT2D eigenvalue weighted by Gasteiger charge is 2.25. The maximum atomic E-state index is 12.8. The van der Waals surface area contributed by atoms with E-state index in [1.165, 1.54) is 96.3 Å². The molecule has 0 aliphatic heterocycles. The van der Waals surface area contributed by atoms with Crippen LogP contribution in [0.15, 0.2) is 72.9 Å². The first-order valence-corrected chi connectivity index (χ1v) is 25.1. The summed E-state index contributed by atoms with van der Waals surface area (Å²) >= 11 is 0. The van der Waals surface area contributed by atoms with Crippen molar-refractivity contribution in [2.75, 3.05) is 47.5 Å². The van der Waals surface area contributed by atoms with Gasteiger partial charge in [0, 0.05) is 12.8 Å². The van der Waals surface area contributed by atoms with E-state index in [2.05, 4.69) is 86.8 Å². The van der Waals surface area contributed by atoms with Gasteiger partial charge in [0.1, 0.15) is 13.2 Å². The van der Waals surface area contributed by atoms with E-state index in [0.717, 1.165) is 64.2 Å². The number of hydrogen-bond donors (Lipinski definition) is 1. The van der Waals surface area contributed by atoms with Crippen molar-refractivity contribution in [2.24, 2.45) is 0 Å². The van der Waals surface area contributed by atoms with Gasteiger partial charge in [-0.15, -0.1) is 0 Å². The van der Waals surface area contributed by atoms with Crippen LogP contribution in [-0.2, 0) is 33.3 Å². The van der Waals surface area contributed by atoms with Crippen LogP contribution in [0.2, 0.25) is 0 Å². The predicted octanol–water partition coefficient (Wildman–Crippen LogP) is 13.9. The van der Waals surface area contributed by atoms with Crippen molar-refractivity contribution in [3.63, 3.8) is 0 Å². The van der Waals surface area contributed by atoms with Crippen molar-refractivity contribution in [2.45, 2.75) is 206 Å².